The summed E-state index contributed by atoms with van der Waals surface area (Å²) in [4.78, 5) is 11.9. The van der Waals surface area contributed by atoms with Crippen molar-refractivity contribution in [3.05, 3.63) is 47.0 Å². The molecule has 1 heterocycles. The Hall–Kier alpha value is -1.83. The van der Waals surface area contributed by atoms with Crippen molar-refractivity contribution in [3.8, 4) is 0 Å². The van der Waals surface area contributed by atoms with Crippen LogP contribution in [0.2, 0.25) is 0 Å². The smallest absolute Gasteiger partial charge is 0.251 e. The van der Waals surface area contributed by atoms with E-state index in [0.29, 0.717) is 5.92 Å². The van der Waals surface area contributed by atoms with Gasteiger partial charge in [-0.2, -0.15) is 0 Å². The summed E-state index contributed by atoms with van der Waals surface area (Å²) >= 11 is 0. The lowest BCUT2D eigenvalue weighted by Gasteiger charge is -2.31. The Labute approximate surface area is 99.6 Å². The number of rotatable bonds is 0. The van der Waals surface area contributed by atoms with Crippen molar-refractivity contribution in [2.24, 2.45) is 0 Å². The largest absolute Gasteiger partial charge is 0.351 e. The Morgan fingerprint density at radius 2 is 2.12 bits per heavy atom. The first kappa shape index (κ1) is 9.23. The summed E-state index contributed by atoms with van der Waals surface area (Å²) < 4.78 is 0. The van der Waals surface area contributed by atoms with Crippen molar-refractivity contribution >= 4 is 16.7 Å². The molecule has 2 aromatic rings. The van der Waals surface area contributed by atoms with E-state index in [0.717, 1.165) is 24.9 Å². The predicted molar refractivity (Wildman–Crippen MR) is 67.3 cm³/mol. The molecule has 1 aliphatic carbocycles. The second-order valence-corrected chi connectivity index (χ2v) is 4.99. The van der Waals surface area contributed by atoms with Crippen LogP contribution < -0.4 is 5.32 Å². The zero-order valence-electron chi connectivity index (χ0n) is 9.49. The first-order valence-electron chi connectivity index (χ1n) is 6.17. The lowest BCUT2D eigenvalue weighted by molar-refractivity contribution is 0.0939. The van der Waals surface area contributed by atoms with Gasteiger partial charge in [0.2, 0.25) is 0 Å². The Morgan fingerprint density at radius 1 is 1.18 bits per heavy atom. The van der Waals surface area contributed by atoms with Crippen molar-refractivity contribution in [3.63, 3.8) is 0 Å². The highest BCUT2D eigenvalue weighted by Crippen LogP contribution is 2.40. The molecule has 2 aliphatic rings. The van der Waals surface area contributed by atoms with E-state index >= 15 is 0 Å². The molecule has 84 valence electrons. The molecule has 0 saturated heterocycles. The highest BCUT2D eigenvalue weighted by atomic mass is 16.1. The molecule has 0 fully saturated rings. The van der Waals surface area contributed by atoms with Gasteiger partial charge in [-0.05, 0) is 40.8 Å². The maximum atomic E-state index is 11.9. The molecule has 0 radical (unpaired) electrons. The van der Waals surface area contributed by atoms with Crippen LogP contribution in [0.3, 0.4) is 0 Å². The molecule has 2 heteroatoms. The zero-order chi connectivity index (χ0) is 11.4. The minimum Gasteiger partial charge on any atom is -0.351 e. The second kappa shape index (κ2) is 3.10. The van der Waals surface area contributed by atoms with Crippen molar-refractivity contribution in [2.45, 2.75) is 18.8 Å². The van der Waals surface area contributed by atoms with Gasteiger partial charge in [-0.1, -0.05) is 24.3 Å². The van der Waals surface area contributed by atoms with E-state index in [2.05, 4.69) is 29.6 Å². The quantitative estimate of drug-likeness (QED) is 0.730. The molecule has 2 aromatic carbocycles. The standard InChI is InChI=1S/C15H13NO/c17-15-12-7-6-10-3-1-2-9-4-5-11(8-16-15)14(12)13(9)10/h1-3,6-7,11H,4-5,8H2,(H,16,17). The molecule has 1 aliphatic heterocycles. The van der Waals surface area contributed by atoms with Crippen LogP contribution in [-0.4, -0.2) is 12.5 Å². The third-order valence-corrected chi connectivity index (χ3v) is 4.10. The topological polar surface area (TPSA) is 29.1 Å². The molecular weight excluding hydrogens is 210 g/mol. The van der Waals surface area contributed by atoms with E-state index in [1.807, 2.05) is 6.07 Å². The first-order valence-corrected chi connectivity index (χ1v) is 6.17. The SMILES string of the molecule is O=C1NCC2CCc3cccc4ccc1c2c34. The van der Waals surface area contributed by atoms with Crippen LogP contribution in [0.15, 0.2) is 30.3 Å². The van der Waals surface area contributed by atoms with E-state index in [1.165, 1.54) is 21.9 Å². The van der Waals surface area contributed by atoms with Gasteiger partial charge in [0.05, 0.1) is 0 Å². The molecular formula is C15H13NO. The van der Waals surface area contributed by atoms with E-state index in [1.54, 1.807) is 0 Å². The Kier molecular flexibility index (Phi) is 1.68. The van der Waals surface area contributed by atoms with E-state index in [9.17, 15) is 4.79 Å². The lowest BCUT2D eigenvalue weighted by Crippen LogP contribution is -2.36. The Bertz CT molecular complexity index is 645. The van der Waals surface area contributed by atoms with Crippen LogP contribution in [0.25, 0.3) is 10.8 Å². The molecule has 0 bridgehead atoms. The highest BCUT2D eigenvalue weighted by molar-refractivity contribution is 6.04. The third kappa shape index (κ3) is 1.13. The lowest BCUT2D eigenvalue weighted by atomic mass is 9.77. The fourth-order valence-electron chi connectivity index (χ4n) is 3.30. The molecule has 2 nitrogen and oxygen atoms in total. The van der Waals surface area contributed by atoms with Gasteiger partial charge in [-0.15, -0.1) is 0 Å². The average molecular weight is 223 g/mol. The predicted octanol–water partition coefficient (Wildman–Crippen LogP) is 2.61. The highest BCUT2D eigenvalue weighted by Gasteiger charge is 2.30. The summed E-state index contributed by atoms with van der Waals surface area (Å²) in [6, 6.07) is 10.5. The van der Waals surface area contributed by atoms with Crippen LogP contribution in [0.1, 0.15) is 33.8 Å². The van der Waals surface area contributed by atoms with Crippen LogP contribution in [0, 0.1) is 0 Å². The van der Waals surface area contributed by atoms with Gasteiger partial charge in [-0.25, -0.2) is 0 Å². The van der Waals surface area contributed by atoms with Crippen molar-refractivity contribution in [1.29, 1.82) is 0 Å². The fraction of sp³-hybridized carbons (Fsp3) is 0.267. The molecule has 1 N–H and O–H groups in total. The van der Waals surface area contributed by atoms with Crippen LogP contribution in [0.5, 0.6) is 0 Å². The molecule has 4 rings (SSSR count). The molecule has 17 heavy (non-hydrogen) atoms. The zero-order valence-corrected chi connectivity index (χ0v) is 9.49. The molecule has 0 aromatic heterocycles. The number of carbonyl (C=O) groups is 1. The average Bonchev–Trinajstić information content (AvgIpc) is 2.38. The number of hydrogen-bond donors (Lipinski definition) is 1. The maximum absolute atomic E-state index is 11.9. The number of aryl methyl sites for hydroxylation is 1. The minimum atomic E-state index is 0.0925. The number of carbonyl (C=O) groups excluding carboxylic acids is 1. The van der Waals surface area contributed by atoms with Gasteiger partial charge in [0.25, 0.3) is 5.91 Å². The fourth-order valence-corrected chi connectivity index (χ4v) is 3.30. The normalized spacial score (nSPS) is 21.4. The number of benzene rings is 2. The maximum Gasteiger partial charge on any atom is 0.251 e. The number of nitrogens with one attached hydrogen (secondary N) is 1. The number of hydrogen-bond acceptors (Lipinski definition) is 1. The molecule has 1 amide bonds. The summed E-state index contributed by atoms with van der Waals surface area (Å²) in [5.41, 5.74) is 3.60. The van der Waals surface area contributed by atoms with Crippen molar-refractivity contribution in [2.75, 3.05) is 6.54 Å². The van der Waals surface area contributed by atoms with Crippen LogP contribution >= 0.6 is 0 Å². The van der Waals surface area contributed by atoms with E-state index in [-0.39, 0.29) is 5.91 Å². The molecule has 1 unspecified atom stereocenters. The van der Waals surface area contributed by atoms with E-state index in [4.69, 9.17) is 0 Å². The van der Waals surface area contributed by atoms with E-state index < -0.39 is 0 Å². The monoisotopic (exact) mass is 223 g/mol. The first-order chi connectivity index (χ1) is 8.34. The van der Waals surface area contributed by atoms with Gasteiger partial charge in [0, 0.05) is 18.0 Å². The molecule has 0 spiro atoms. The summed E-state index contributed by atoms with van der Waals surface area (Å²) in [6.07, 6.45) is 2.29. The summed E-state index contributed by atoms with van der Waals surface area (Å²) in [6.45, 7) is 0.805. The Morgan fingerprint density at radius 3 is 3.06 bits per heavy atom. The van der Waals surface area contributed by atoms with Gasteiger partial charge in [0.15, 0.2) is 0 Å². The molecule has 0 saturated carbocycles. The summed E-state index contributed by atoms with van der Waals surface area (Å²) in [5, 5.41) is 5.62. The Balaban J connectivity index is 2.19. The summed E-state index contributed by atoms with van der Waals surface area (Å²) in [5.74, 6) is 0.608. The third-order valence-electron chi connectivity index (χ3n) is 4.10. The summed E-state index contributed by atoms with van der Waals surface area (Å²) in [7, 11) is 0. The van der Waals surface area contributed by atoms with Crippen molar-refractivity contribution in [1.82, 2.24) is 5.32 Å². The number of amides is 1. The second-order valence-electron chi connectivity index (χ2n) is 4.99. The molecule has 1 atom stereocenters. The van der Waals surface area contributed by atoms with Gasteiger partial charge < -0.3 is 5.32 Å². The van der Waals surface area contributed by atoms with Gasteiger partial charge in [0.1, 0.15) is 0 Å². The van der Waals surface area contributed by atoms with Gasteiger partial charge >= 0.3 is 0 Å². The van der Waals surface area contributed by atoms with Crippen LogP contribution in [-0.2, 0) is 6.42 Å². The van der Waals surface area contributed by atoms with Crippen molar-refractivity contribution < 1.29 is 4.79 Å². The van der Waals surface area contributed by atoms with Gasteiger partial charge in [-0.3, -0.25) is 4.79 Å². The minimum absolute atomic E-state index is 0.0925. The van der Waals surface area contributed by atoms with Crippen LogP contribution in [0.4, 0.5) is 0 Å².